The number of amides is 1. The molecule has 8 heteroatoms. The van der Waals surface area contributed by atoms with Crippen molar-refractivity contribution in [2.75, 3.05) is 5.32 Å². The lowest BCUT2D eigenvalue weighted by Gasteiger charge is -2.09. The highest BCUT2D eigenvalue weighted by Crippen LogP contribution is 2.25. The summed E-state index contributed by atoms with van der Waals surface area (Å²) in [7, 11) is 0. The van der Waals surface area contributed by atoms with Gasteiger partial charge >= 0.3 is 0 Å². The van der Waals surface area contributed by atoms with Crippen LogP contribution in [0.4, 0.5) is 5.82 Å². The maximum absolute atomic E-state index is 13.0. The number of aromatic nitrogens is 4. The number of hydrogen-bond acceptors (Lipinski definition) is 5. The Morgan fingerprint density at radius 3 is 2.50 bits per heavy atom. The Morgan fingerprint density at radius 2 is 1.78 bits per heavy atom. The van der Waals surface area contributed by atoms with Gasteiger partial charge in [0.05, 0.1) is 12.7 Å². The Balaban J connectivity index is 1.40. The standard InChI is InChI=1S/C28H25N5O3/c1-2-7-22-17-27(35)31-28(29-22)33-25(18-23(32-33)24-10-6-15-36-24)30-26(34)16-19-11-13-21(14-12-19)20-8-4-3-5-9-20/h3-6,8-15,17-18H,2,7,16H2,1H3,(H,30,34)(H,29,31,35). The van der Waals surface area contributed by atoms with Gasteiger partial charge in [-0.3, -0.25) is 14.6 Å². The van der Waals surface area contributed by atoms with Crippen molar-refractivity contribution in [1.82, 2.24) is 19.7 Å². The number of aryl methyl sites for hydroxylation is 1. The Labute approximate surface area is 207 Å². The summed E-state index contributed by atoms with van der Waals surface area (Å²) in [6.07, 6.45) is 3.23. The zero-order chi connectivity index (χ0) is 24.9. The van der Waals surface area contributed by atoms with E-state index in [4.69, 9.17) is 4.42 Å². The molecule has 0 spiro atoms. The molecule has 0 atom stereocenters. The van der Waals surface area contributed by atoms with Crippen LogP contribution in [0.15, 0.2) is 94.3 Å². The molecule has 0 aliphatic heterocycles. The van der Waals surface area contributed by atoms with E-state index < -0.39 is 0 Å². The normalized spacial score (nSPS) is 10.9. The third kappa shape index (κ3) is 5.17. The highest BCUT2D eigenvalue weighted by Gasteiger charge is 2.17. The van der Waals surface area contributed by atoms with Crippen LogP contribution >= 0.6 is 0 Å². The van der Waals surface area contributed by atoms with Crippen LogP contribution in [0.5, 0.6) is 0 Å². The van der Waals surface area contributed by atoms with E-state index in [-0.39, 0.29) is 23.8 Å². The number of furan rings is 1. The Bertz CT molecular complexity index is 1520. The summed E-state index contributed by atoms with van der Waals surface area (Å²) in [4.78, 5) is 32.5. The van der Waals surface area contributed by atoms with Crippen LogP contribution in [0.3, 0.4) is 0 Å². The third-order valence-corrected chi connectivity index (χ3v) is 5.67. The van der Waals surface area contributed by atoms with E-state index in [1.54, 1.807) is 24.5 Å². The zero-order valence-electron chi connectivity index (χ0n) is 19.8. The molecule has 2 aromatic carbocycles. The van der Waals surface area contributed by atoms with Crippen LogP contribution in [0.2, 0.25) is 0 Å². The first kappa shape index (κ1) is 23.0. The van der Waals surface area contributed by atoms with Gasteiger partial charge in [-0.25, -0.2) is 4.98 Å². The summed E-state index contributed by atoms with van der Waals surface area (Å²) in [5, 5.41) is 7.46. The van der Waals surface area contributed by atoms with Gasteiger partial charge in [-0.15, -0.1) is 0 Å². The fourth-order valence-electron chi connectivity index (χ4n) is 3.97. The number of benzene rings is 2. The number of nitrogens with one attached hydrogen (secondary N) is 2. The minimum absolute atomic E-state index is 0.177. The van der Waals surface area contributed by atoms with Crippen LogP contribution < -0.4 is 10.9 Å². The number of rotatable bonds is 8. The number of nitrogens with zero attached hydrogens (tertiary/aromatic N) is 3. The van der Waals surface area contributed by atoms with Gasteiger partial charge in [0.15, 0.2) is 5.76 Å². The first-order chi connectivity index (χ1) is 17.6. The number of anilines is 1. The average Bonchev–Trinajstić information content (AvgIpc) is 3.55. The maximum Gasteiger partial charge on any atom is 0.252 e. The minimum atomic E-state index is -0.283. The molecule has 3 heterocycles. The lowest BCUT2D eigenvalue weighted by Crippen LogP contribution is -2.20. The van der Waals surface area contributed by atoms with Crippen LogP contribution in [0, 0.1) is 0 Å². The van der Waals surface area contributed by atoms with Crippen molar-refractivity contribution in [3.8, 4) is 28.5 Å². The van der Waals surface area contributed by atoms with Gasteiger partial charge in [0.2, 0.25) is 11.9 Å². The van der Waals surface area contributed by atoms with Crippen molar-refractivity contribution in [2.24, 2.45) is 0 Å². The molecule has 2 N–H and O–H groups in total. The number of hydrogen-bond donors (Lipinski definition) is 2. The van der Waals surface area contributed by atoms with Crippen molar-refractivity contribution < 1.29 is 9.21 Å². The second kappa shape index (κ2) is 10.3. The van der Waals surface area contributed by atoms with E-state index >= 15 is 0 Å². The molecule has 3 aromatic heterocycles. The summed E-state index contributed by atoms with van der Waals surface area (Å²) >= 11 is 0. The predicted molar refractivity (Wildman–Crippen MR) is 138 cm³/mol. The van der Waals surface area contributed by atoms with E-state index in [0.29, 0.717) is 29.4 Å². The van der Waals surface area contributed by atoms with E-state index in [2.05, 4.69) is 20.4 Å². The fourth-order valence-corrected chi connectivity index (χ4v) is 3.97. The summed E-state index contributed by atoms with van der Waals surface area (Å²) in [6, 6.07) is 24.7. The van der Waals surface area contributed by atoms with Crippen molar-refractivity contribution in [2.45, 2.75) is 26.2 Å². The Morgan fingerprint density at radius 1 is 1.00 bits per heavy atom. The monoisotopic (exact) mass is 479 g/mol. The van der Waals surface area contributed by atoms with Gasteiger partial charge in [0.25, 0.3) is 5.56 Å². The van der Waals surface area contributed by atoms with E-state index in [9.17, 15) is 9.59 Å². The number of carbonyl (C=O) groups excluding carboxylic acids is 1. The summed E-state index contributed by atoms with van der Waals surface area (Å²) in [5.41, 5.74) is 3.96. The minimum Gasteiger partial charge on any atom is -0.463 e. The summed E-state index contributed by atoms with van der Waals surface area (Å²) < 4.78 is 6.90. The largest absolute Gasteiger partial charge is 0.463 e. The molecule has 180 valence electrons. The highest BCUT2D eigenvalue weighted by molar-refractivity contribution is 5.92. The first-order valence-corrected chi connectivity index (χ1v) is 11.8. The molecule has 0 radical (unpaired) electrons. The summed E-state index contributed by atoms with van der Waals surface area (Å²) in [5.74, 6) is 0.921. The van der Waals surface area contributed by atoms with E-state index in [1.165, 1.54) is 10.7 Å². The second-order valence-electron chi connectivity index (χ2n) is 8.40. The highest BCUT2D eigenvalue weighted by atomic mass is 16.3. The first-order valence-electron chi connectivity index (χ1n) is 11.8. The zero-order valence-corrected chi connectivity index (χ0v) is 19.8. The smallest absolute Gasteiger partial charge is 0.252 e. The molecule has 5 rings (SSSR count). The molecule has 36 heavy (non-hydrogen) atoms. The third-order valence-electron chi connectivity index (χ3n) is 5.67. The molecular formula is C28H25N5O3. The molecule has 0 bridgehead atoms. The van der Waals surface area contributed by atoms with Crippen molar-refractivity contribution in [1.29, 1.82) is 0 Å². The Hall–Kier alpha value is -4.72. The molecule has 0 aliphatic rings. The number of H-pyrrole nitrogens is 1. The van der Waals surface area contributed by atoms with Gasteiger partial charge in [-0.05, 0) is 35.2 Å². The van der Waals surface area contributed by atoms with Crippen LogP contribution in [-0.4, -0.2) is 25.7 Å². The molecule has 0 aliphatic carbocycles. The summed E-state index contributed by atoms with van der Waals surface area (Å²) in [6.45, 7) is 2.02. The topological polar surface area (TPSA) is 106 Å². The van der Waals surface area contributed by atoms with Crippen molar-refractivity contribution in [3.63, 3.8) is 0 Å². The van der Waals surface area contributed by atoms with Gasteiger partial charge in [0.1, 0.15) is 11.5 Å². The van der Waals surface area contributed by atoms with Gasteiger partial charge < -0.3 is 9.73 Å². The lowest BCUT2D eigenvalue weighted by molar-refractivity contribution is -0.115. The predicted octanol–water partition coefficient (Wildman–Crippen LogP) is 5.02. The van der Waals surface area contributed by atoms with Crippen LogP contribution in [-0.2, 0) is 17.6 Å². The van der Waals surface area contributed by atoms with Crippen LogP contribution in [0.25, 0.3) is 28.5 Å². The Kier molecular flexibility index (Phi) is 6.57. The van der Waals surface area contributed by atoms with Crippen molar-refractivity contribution >= 4 is 11.7 Å². The van der Waals surface area contributed by atoms with E-state index in [1.807, 2.05) is 61.5 Å². The maximum atomic E-state index is 13.0. The van der Waals surface area contributed by atoms with Gasteiger partial charge in [-0.1, -0.05) is 67.9 Å². The van der Waals surface area contributed by atoms with Crippen molar-refractivity contribution in [3.05, 3.63) is 107 Å². The number of aromatic amines is 1. The van der Waals surface area contributed by atoms with Gasteiger partial charge in [-0.2, -0.15) is 9.78 Å². The quantitative estimate of drug-likeness (QED) is 0.325. The molecule has 1 amide bonds. The molecular weight excluding hydrogens is 454 g/mol. The lowest BCUT2D eigenvalue weighted by atomic mass is 10.0. The fraction of sp³-hybridized carbons (Fsp3) is 0.143. The van der Waals surface area contributed by atoms with E-state index in [0.717, 1.165) is 23.1 Å². The molecule has 0 fully saturated rings. The molecule has 0 unspecified atom stereocenters. The molecule has 5 aromatic rings. The second-order valence-corrected chi connectivity index (χ2v) is 8.40. The molecule has 0 saturated heterocycles. The SMILES string of the molecule is CCCc1cc(=O)[nH]c(-n2nc(-c3ccco3)cc2NC(=O)Cc2ccc(-c3ccccc3)cc2)n1. The van der Waals surface area contributed by atoms with Gasteiger partial charge in [0, 0.05) is 17.8 Å². The van der Waals surface area contributed by atoms with Crippen LogP contribution in [0.1, 0.15) is 24.6 Å². The molecule has 8 nitrogen and oxygen atoms in total. The number of carbonyl (C=O) groups is 1. The average molecular weight is 480 g/mol. The molecule has 0 saturated carbocycles.